The third kappa shape index (κ3) is 4.63. The Hall–Kier alpha value is -2.20. The minimum atomic E-state index is -0.277. The average Bonchev–Trinajstić information content (AvgIpc) is 2.56. The molecule has 4 heteroatoms. The van der Waals surface area contributed by atoms with E-state index in [1.807, 2.05) is 44.3 Å². The molecule has 1 amide bonds. The Labute approximate surface area is 137 Å². The van der Waals surface area contributed by atoms with Gasteiger partial charge in [0.05, 0.1) is 7.05 Å². The van der Waals surface area contributed by atoms with Crippen LogP contribution >= 0.6 is 0 Å². The van der Waals surface area contributed by atoms with E-state index in [0.29, 0.717) is 12.1 Å². The number of benzene rings is 2. The lowest BCUT2D eigenvalue weighted by atomic mass is 10.1. The van der Waals surface area contributed by atoms with E-state index < -0.39 is 0 Å². The molecule has 0 fully saturated rings. The van der Waals surface area contributed by atoms with Gasteiger partial charge in [0.25, 0.3) is 5.91 Å². The standard InChI is InChI=1S/C19H23FN2O/c1-4-15-9-11-17(12-10-15)21-19(23)14(2)22(3)13-16-7-5-6-8-18(16)20/h5-12,14H,4,13H2,1-3H3,(H,21,23)/p+1/t14-/m1/s1. The summed E-state index contributed by atoms with van der Waals surface area (Å²) in [5.74, 6) is -0.294. The van der Waals surface area contributed by atoms with Crippen LogP contribution in [0.1, 0.15) is 25.0 Å². The SMILES string of the molecule is CCc1ccc(NC(=O)[C@@H](C)[NH+](C)Cc2ccccc2F)cc1. The third-order valence-electron chi connectivity index (χ3n) is 4.19. The van der Waals surface area contributed by atoms with Crippen molar-refractivity contribution in [3.63, 3.8) is 0 Å². The summed E-state index contributed by atoms with van der Waals surface area (Å²) in [5.41, 5.74) is 2.65. The lowest BCUT2D eigenvalue weighted by Gasteiger charge is -2.21. The number of rotatable bonds is 6. The topological polar surface area (TPSA) is 33.5 Å². The van der Waals surface area contributed by atoms with Gasteiger partial charge in [0.1, 0.15) is 12.4 Å². The molecule has 0 aliphatic rings. The number of nitrogens with one attached hydrogen (secondary N) is 2. The van der Waals surface area contributed by atoms with Crippen molar-refractivity contribution in [2.24, 2.45) is 0 Å². The number of carbonyl (C=O) groups excluding carboxylic acids is 1. The average molecular weight is 315 g/mol. The van der Waals surface area contributed by atoms with E-state index in [-0.39, 0.29) is 17.8 Å². The van der Waals surface area contributed by atoms with Gasteiger partial charge >= 0.3 is 0 Å². The number of likely N-dealkylation sites (N-methyl/N-ethyl adjacent to an activating group) is 1. The Bertz CT molecular complexity index is 655. The predicted molar refractivity (Wildman–Crippen MR) is 90.9 cm³/mol. The van der Waals surface area contributed by atoms with Gasteiger partial charge in [-0.2, -0.15) is 0 Å². The maximum atomic E-state index is 13.7. The molecule has 2 atom stereocenters. The fourth-order valence-corrected chi connectivity index (χ4v) is 2.39. The monoisotopic (exact) mass is 315 g/mol. The molecule has 0 aromatic heterocycles. The van der Waals surface area contributed by atoms with Crippen LogP contribution in [0.2, 0.25) is 0 Å². The van der Waals surface area contributed by atoms with E-state index in [0.717, 1.165) is 17.0 Å². The van der Waals surface area contributed by atoms with Crippen molar-refractivity contribution in [2.75, 3.05) is 12.4 Å². The van der Waals surface area contributed by atoms with E-state index in [9.17, 15) is 9.18 Å². The Morgan fingerprint density at radius 1 is 1.17 bits per heavy atom. The molecular formula is C19H24FN2O+. The van der Waals surface area contributed by atoms with E-state index in [1.165, 1.54) is 11.6 Å². The van der Waals surface area contributed by atoms with Crippen LogP contribution in [0, 0.1) is 5.82 Å². The zero-order chi connectivity index (χ0) is 16.8. The van der Waals surface area contributed by atoms with E-state index in [4.69, 9.17) is 0 Å². The fraction of sp³-hybridized carbons (Fsp3) is 0.316. The van der Waals surface area contributed by atoms with Crippen molar-refractivity contribution in [1.29, 1.82) is 0 Å². The van der Waals surface area contributed by atoms with Gasteiger partial charge in [-0.05, 0) is 37.1 Å². The van der Waals surface area contributed by atoms with Crippen LogP contribution < -0.4 is 10.2 Å². The van der Waals surface area contributed by atoms with Crippen molar-refractivity contribution in [2.45, 2.75) is 32.9 Å². The molecule has 0 aliphatic carbocycles. The predicted octanol–water partition coefficient (Wildman–Crippen LogP) is 2.43. The van der Waals surface area contributed by atoms with Gasteiger partial charge in [0.15, 0.2) is 6.04 Å². The second-order valence-electron chi connectivity index (χ2n) is 5.88. The Morgan fingerprint density at radius 2 is 1.83 bits per heavy atom. The first-order valence-electron chi connectivity index (χ1n) is 7.96. The molecule has 122 valence electrons. The number of hydrogen-bond donors (Lipinski definition) is 2. The van der Waals surface area contributed by atoms with Crippen molar-refractivity contribution >= 4 is 11.6 Å². The first-order chi connectivity index (χ1) is 11.0. The second kappa shape index (κ2) is 7.88. The molecule has 2 N–H and O–H groups in total. The maximum absolute atomic E-state index is 13.7. The largest absolute Gasteiger partial charge is 0.324 e. The molecular weight excluding hydrogens is 291 g/mol. The van der Waals surface area contributed by atoms with Gasteiger partial charge in [-0.25, -0.2) is 4.39 Å². The summed E-state index contributed by atoms with van der Waals surface area (Å²) in [6, 6.07) is 14.3. The highest BCUT2D eigenvalue weighted by Gasteiger charge is 2.22. The summed E-state index contributed by atoms with van der Waals surface area (Å²) >= 11 is 0. The lowest BCUT2D eigenvalue weighted by Crippen LogP contribution is -3.12. The first kappa shape index (κ1) is 17.2. The van der Waals surface area contributed by atoms with Crippen LogP contribution in [0.5, 0.6) is 0 Å². The number of hydrogen-bond acceptors (Lipinski definition) is 1. The summed E-state index contributed by atoms with van der Waals surface area (Å²) in [6.07, 6.45) is 0.972. The van der Waals surface area contributed by atoms with Crippen LogP contribution in [0.3, 0.4) is 0 Å². The normalized spacial score (nSPS) is 13.4. The molecule has 0 spiro atoms. The van der Waals surface area contributed by atoms with Gasteiger partial charge < -0.3 is 10.2 Å². The third-order valence-corrected chi connectivity index (χ3v) is 4.19. The summed E-state index contributed by atoms with van der Waals surface area (Å²) in [7, 11) is 1.90. The minimum absolute atomic E-state index is 0.0666. The highest BCUT2D eigenvalue weighted by atomic mass is 19.1. The van der Waals surface area contributed by atoms with Crippen LogP contribution in [0.15, 0.2) is 48.5 Å². The number of quaternary nitrogens is 1. The van der Waals surface area contributed by atoms with Crippen LogP contribution in [-0.4, -0.2) is 19.0 Å². The molecule has 2 rings (SSSR count). The van der Waals surface area contributed by atoms with Gasteiger partial charge in [0.2, 0.25) is 0 Å². The second-order valence-corrected chi connectivity index (χ2v) is 5.88. The molecule has 0 aliphatic heterocycles. The van der Waals surface area contributed by atoms with Crippen LogP contribution in [0.25, 0.3) is 0 Å². The Balaban J connectivity index is 1.96. The molecule has 2 aromatic rings. The number of amides is 1. The smallest absolute Gasteiger partial charge is 0.282 e. The van der Waals surface area contributed by atoms with Crippen molar-refractivity contribution in [3.8, 4) is 0 Å². The number of aryl methyl sites for hydroxylation is 1. The van der Waals surface area contributed by atoms with Crippen molar-refractivity contribution in [1.82, 2.24) is 0 Å². The van der Waals surface area contributed by atoms with Gasteiger partial charge in [0, 0.05) is 11.3 Å². The molecule has 0 saturated heterocycles. The lowest BCUT2D eigenvalue weighted by molar-refractivity contribution is -0.908. The molecule has 0 bridgehead atoms. The van der Waals surface area contributed by atoms with Crippen LogP contribution in [-0.2, 0) is 17.8 Å². The molecule has 2 aromatic carbocycles. The highest BCUT2D eigenvalue weighted by molar-refractivity contribution is 5.93. The quantitative estimate of drug-likeness (QED) is 0.843. The number of carbonyl (C=O) groups is 1. The fourth-order valence-electron chi connectivity index (χ4n) is 2.39. The van der Waals surface area contributed by atoms with Gasteiger partial charge in [-0.3, -0.25) is 4.79 Å². The van der Waals surface area contributed by atoms with Crippen LogP contribution in [0.4, 0.5) is 10.1 Å². The molecule has 3 nitrogen and oxygen atoms in total. The zero-order valence-corrected chi connectivity index (χ0v) is 13.9. The summed E-state index contributed by atoms with van der Waals surface area (Å²) in [5, 5.41) is 2.92. The summed E-state index contributed by atoms with van der Waals surface area (Å²) in [6.45, 7) is 4.42. The summed E-state index contributed by atoms with van der Waals surface area (Å²) in [4.78, 5) is 13.3. The first-order valence-corrected chi connectivity index (χ1v) is 7.96. The number of halogens is 1. The maximum Gasteiger partial charge on any atom is 0.282 e. The summed E-state index contributed by atoms with van der Waals surface area (Å²) < 4.78 is 13.7. The molecule has 0 heterocycles. The highest BCUT2D eigenvalue weighted by Crippen LogP contribution is 2.10. The van der Waals surface area contributed by atoms with Crippen molar-refractivity contribution < 1.29 is 14.1 Å². The molecule has 0 radical (unpaired) electrons. The zero-order valence-electron chi connectivity index (χ0n) is 13.9. The van der Waals surface area contributed by atoms with E-state index in [1.54, 1.807) is 12.1 Å². The molecule has 1 unspecified atom stereocenters. The van der Waals surface area contributed by atoms with Crippen molar-refractivity contribution in [3.05, 3.63) is 65.5 Å². The van der Waals surface area contributed by atoms with Gasteiger partial charge in [-0.15, -0.1) is 0 Å². The van der Waals surface area contributed by atoms with E-state index >= 15 is 0 Å². The Kier molecular flexibility index (Phi) is 5.88. The molecule has 0 saturated carbocycles. The van der Waals surface area contributed by atoms with Gasteiger partial charge in [-0.1, -0.05) is 37.3 Å². The molecule has 23 heavy (non-hydrogen) atoms. The minimum Gasteiger partial charge on any atom is -0.324 e. The van der Waals surface area contributed by atoms with E-state index in [2.05, 4.69) is 12.2 Å². The Morgan fingerprint density at radius 3 is 2.43 bits per heavy atom. The number of anilines is 1.